The predicted molar refractivity (Wildman–Crippen MR) is 180 cm³/mol. The average molecular weight is 686 g/mol. The highest BCUT2D eigenvalue weighted by Crippen LogP contribution is 2.31. The Balaban J connectivity index is 1.28. The number of methoxy groups -OCH3 is 1. The molecule has 2 heterocycles. The Bertz CT molecular complexity index is 1680. The lowest BCUT2D eigenvalue weighted by Gasteiger charge is -2.28. The van der Waals surface area contributed by atoms with Crippen molar-refractivity contribution in [3.05, 3.63) is 83.7 Å². The first-order valence-electron chi connectivity index (χ1n) is 16.5. The molecule has 264 valence electrons. The van der Waals surface area contributed by atoms with Crippen molar-refractivity contribution in [3.63, 3.8) is 0 Å². The van der Waals surface area contributed by atoms with Crippen LogP contribution in [0, 0.1) is 5.82 Å². The molecule has 0 radical (unpaired) electrons. The van der Waals surface area contributed by atoms with Crippen LogP contribution in [0.15, 0.2) is 66.7 Å². The van der Waals surface area contributed by atoms with E-state index in [1.807, 2.05) is 25.1 Å². The Hall–Kier alpha value is -4.36. The van der Waals surface area contributed by atoms with Crippen LogP contribution in [0.4, 0.5) is 23.5 Å². The third-order valence-corrected chi connectivity index (χ3v) is 8.78. The minimum absolute atomic E-state index is 0.0514. The first-order valence-corrected chi connectivity index (χ1v) is 16.5. The Morgan fingerprint density at radius 1 is 1.00 bits per heavy atom. The summed E-state index contributed by atoms with van der Waals surface area (Å²) in [4.78, 5) is 24.8. The van der Waals surface area contributed by atoms with Gasteiger partial charge in [-0.25, -0.2) is 9.37 Å². The first kappa shape index (κ1) is 35.9. The Morgan fingerprint density at radius 3 is 2.51 bits per heavy atom. The molecule has 1 aliphatic heterocycles. The number of fused-ring (bicyclic) bond motifs is 1. The van der Waals surface area contributed by atoms with E-state index >= 15 is 0 Å². The number of ether oxygens (including phenoxy) is 3. The van der Waals surface area contributed by atoms with E-state index in [1.54, 1.807) is 19.2 Å². The third kappa shape index (κ3) is 9.42. The van der Waals surface area contributed by atoms with Gasteiger partial charge in [0, 0.05) is 52.3 Å². The highest BCUT2D eigenvalue weighted by atomic mass is 19.4. The van der Waals surface area contributed by atoms with Gasteiger partial charge in [-0.3, -0.25) is 4.79 Å². The maximum atomic E-state index is 13.9. The third-order valence-electron chi connectivity index (χ3n) is 8.78. The van der Waals surface area contributed by atoms with Gasteiger partial charge in [0.05, 0.1) is 30.3 Å². The van der Waals surface area contributed by atoms with Crippen LogP contribution in [0.5, 0.6) is 11.5 Å². The summed E-state index contributed by atoms with van der Waals surface area (Å²) in [6, 6.07) is 17.8. The number of carbonyl (C=O) groups excluding carboxylic acids is 1. The molecule has 1 aromatic heterocycles. The number of likely N-dealkylation sites (N-methyl/N-ethyl adjacent to an activating group) is 1. The van der Waals surface area contributed by atoms with E-state index in [1.165, 1.54) is 30.2 Å². The summed E-state index contributed by atoms with van der Waals surface area (Å²) in [7, 11) is 2.94. The van der Waals surface area contributed by atoms with Crippen LogP contribution in [0.1, 0.15) is 41.6 Å². The minimum Gasteiger partial charge on any atom is -0.496 e. The molecule has 1 fully saturated rings. The molecule has 3 aromatic carbocycles. The van der Waals surface area contributed by atoms with Gasteiger partial charge < -0.3 is 33.5 Å². The highest BCUT2D eigenvalue weighted by molar-refractivity contribution is 5.97. The summed E-state index contributed by atoms with van der Waals surface area (Å²) in [5.74, 6) is -0.498. The molecular formula is C36H43F4N5O4. The van der Waals surface area contributed by atoms with Crippen molar-refractivity contribution in [2.45, 2.75) is 38.6 Å². The number of amides is 1. The number of nitrogens with zero attached hydrogens (tertiary/aromatic N) is 5. The number of halogens is 4. The fourth-order valence-corrected chi connectivity index (χ4v) is 6.33. The molecule has 5 rings (SSSR count). The van der Waals surface area contributed by atoms with Gasteiger partial charge >= 0.3 is 6.36 Å². The van der Waals surface area contributed by atoms with Crippen molar-refractivity contribution in [1.82, 2.24) is 19.4 Å². The lowest BCUT2D eigenvalue weighted by atomic mass is 9.94. The van der Waals surface area contributed by atoms with Crippen molar-refractivity contribution in [2.75, 3.05) is 71.5 Å². The molecule has 13 heteroatoms. The van der Waals surface area contributed by atoms with Gasteiger partial charge in [-0.1, -0.05) is 24.3 Å². The van der Waals surface area contributed by atoms with E-state index in [9.17, 15) is 22.4 Å². The van der Waals surface area contributed by atoms with Crippen LogP contribution >= 0.6 is 0 Å². The average Bonchev–Trinajstić information content (AvgIpc) is 3.27. The maximum Gasteiger partial charge on any atom is 0.573 e. The number of alkyl halides is 3. The zero-order valence-electron chi connectivity index (χ0n) is 28.1. The summed E-state index contributed by atoms with van der Waals surface area (Å²) < 4.78 is 69.8. The van der Waals surface area contributed by atoms with Gasteiger partial charge in [-0.05, 0) is 80.9 Å². The minimum atomic E-state index is -4.91. The van der Waals surface area contributed by atoms with Crippen molar-refractivity contribution in [1.29, 1.82) is 0 Å². The fraction of sp³-hybridized carbons (Fsp3) is 0.444. The predicted octanol–water partition coefficient (Wildman–Crippen LogP) is 6.58. The SMILES string of the molecule is CCOCCn1c(N2CCCN(CCC(CN(C)C(=O)c3cc(OC(F)(F)F)ccc3OC)c3ccc(F)cc3)CC2)nc2ccccc21. The number of carbonyl (C=O) groups is 1. The second-order valence-corrected chi connectivity index (χ2v) is 12.1. The normalized spacial score (nSPS) is 14.9. The Morgan fingerprint density at radius 2 is 1.78 bits per heavy atom. The first-order chi connectivity index (χ1) is 23.6. The molecule has 49 heavy (non-hydrogen) atoms. The van der Waals surface area contributed by atoms with E-state index in [0.29, 0.717) is 26.2 Å². The number of hydrogen-bond donors (Lipinski definition) is 0. The molecule has 1 saturated heterocycles. The Kier molecular flexibility index (Phi) is 12.0. The van der Waals surface area contributed by atoms with Gasteiger partial charge in [0.1, 0.15) is 17.3 Å². The molecule has 0 N–H and O–H groups in total. The molecule has 1 atom stereocenters. The van der Waals surface area contributed by atoms with Crippen LogP contribution in [0.25, 0.3) is 11.0 Å². The number of aromatic nitrogens is 2. The van der Waals surface area contributed by atoms with Gasteiger partial charge in [0.15, 0.2) is 0 Å². The number of hydrogen-bond acceptors (Lipinski definition) is 7. The summed E-state index contributed by atoms with van der Waals surface area (Å²) >= 11 is 0. The molecule has 0 bridgehead atoms. The van der Waals surface area contributed by atoms with Crippen LogP contribution in [0.3, 0.4) is 0 Å². The maximum absolute atomic E-state index is 13.9. The zero-order valence-corrected chi connectivity index (χ0v) is 28.1. The van der Waals surface area contributed by atoms with Gasteiger partial charge in [0.2, 0.25) is 5.95 Å². The lowest BCUT2D eigenvalue weighted by molar-refractivity contribution is -0.274. The van der Waals surface area contributed by atoms with Crippen molar-refractivity contribution in [2.24, 2.45) is 0 Å². The van der Waals surface area contributed by atoms with E-state index < -0.39 is 18.0 Å². The number of anilines is 1. The van der Waals surface area contributed by atoms with Crippen molar-refractivity contribution < 1.29 is 36.6 Å². The monoisotopic (exact) mass is 685 g/mol. The molecule has 0 saturated carbocycles. The van der Waals surface area contributed by atoms with Gasteiger partial charge in [-0.15, -0.1) is 13.2 Å². The smallest absolute Gasteiger partial charge is 0.496 e. The van der Waals surface area contributed by atoms with Crippen LogP contribution < -0.4 is 14.4 Å². The lowest BCUT2D eigenvalue weighted by Crippen LogP contribution is -2.35. The van der Waals surface area contributed by atoms with Crippen LogP contribution in [-0.4, -0.2) is 98.3 Å². The summed E-state index contributed by atoms with van der Waals surface area (Å²) in [5, 5.41) is 0. The van der Waals surface area contributed by atoms with Crippen molar-refractivity contribution >= 4 is 22.9 Å². The molecule has 0 spiro atoms. The second kappa shape index (κ2) is 16.4. The molecule has 1 aliphatic rings. The standard InChI is InChI=1S/C36H43F4N5O4/c1-4-48-23-22-45-32-9-6-5-8-31(32)41-35(45)44-18-7-17-43(20-21-44)19-16-27(26-10-12-28(37)13-11-26)25-42(2)34(46)30-24-29(49-36(38,39)40)14-15-33(30)47-3/h5-6,8-15,24,27H,4,7,16-23,25H2,1-3H3. The van der Waals surface area contributed by atoms with E-state index in [2.05, 4.69) is 25.2 Å². The number of rotatable bonds is 14. The number of imidazole rings is 1. The van der Waals surface area contributed by atoms with Gasteiger partial charge in [0.25, 0.3) is 5.91 Å². The molecule has 1 amide bonds. The Labute approximate surface area is 284 Å². The summed E-state index contributed by atoms with van der Waals surface area (Å²) in [6.45, 7) is 8.26. The molecule has 9 nitrogen and oxygen atoms in total. The number of benzene rings is 3. The van der Waals surface area contributed by atoms with Crippen LogP contribution in [0.2, 0.25) is 0 Å². The van der Waals surface area contributed by atoms with E-state index in [0.717, 1.165) is 73.8 Å². The van der Waals surface area contributed by atoms with E-state index in [-0.39, 0.29) is 29.6 Å². The molecule has 4 aromatic rings. The molecular weight excluding hydrogens is 642 g/mol. The van der Waals surface area contributed by atoms with Gasteiger partial charge in [-0.2, -0.15) is 0 Å². The summed E-state index contributed by atoms with van der Waals surface area (Å²) in [5.41, 5.74) is 2.84. The molecule has 0 aliphatic carbocycles. The topological polar surface area (TPSA) is 72.3 Å². The summed E-state index contributed by atoms with van der Waals surface area (Å²) in [6.07, 6.45) is -3.30. The zero-order chi connectivity index (χ0) is 35.0. The quantitative estimate of drug-likeness (QED) is 0.110. The van der Waals surface area contributed by atoms with Crippen LogP contribution in [-0.2, 0) is 11.3 Å². The van der Waals surface area contributed by atoms with E-state index in [4.69, 9.17) is 14.5 Å². The number of para-hydroxylation sites is 2. The van der Waals surface area contributed by atoms with Crippen molar-refractivity contribution in [3.8, 4) is 11.5 Å². The fourth-order valence-electron chi connectivity index (χ4n) is 6.33. The second-order valence-electron chi connectivity index (χ2n) is 12.1. The highest BCUT2D eigenvalue weighted by Gasteiger charge is 2.32. The largest absolute Gasteiger partial charge is 0.573 e. The molecule has 1 unspecified atom stereocenters.